The molecule has 0 bridgehead atoms. The molecule has 0 aliphatic heterocycles. The van der Waals surface area contributed by atoms with Crippen LogP contribution in [0.15, 0.2) is 82.2 Å². The Balaban J connectivity index is 1.63. The quantitative estimate of drug-likeness (QED) is 0.284. The van der Waals surface area contributed by atoms with Crippen molar-refractivity contribution >= 4 is 35.3 Å². The molecule has 0 amide bonds. The van der Waals surface area contributed by atoms with E-state index in [4.69, 9.17) is 4.89 Å². The zero-order chi connectivity index (χ0) is 20.1. The van der Waals surface area contributed by atoms with Crippen LogP contribution < -0.4 is 4.52 Å². The van der Waals surface area contributed by atoms with Crippen LogP contribution in [0.3, 0.4) is 0 Å². The third-order valence-electron chi connectivity index (χ3n) is 3.84. The standard InChI is InChI=1S/C20H16BrF2O3PS/c21-18-12-14(6-11-19(18)26-27(24,25)20(22)23)13-28-17-9-7-16(8-10-17)15-4-2-1-3-5-15/h1-12,20H,13H2,(H,24,25). The van der Waals surface area contributed by atoms with Crippen molar-refractivity contribution in [1.82, 2.24) is 0 Å². The number of rotatable bonds is 7. The highest BCUT2D eigenvalue weighted by Crippen LogP contribution is 2.50. The van der Waals surface area contributed by atoms with Crippen molar-refractivity contribution in [3.8, 4) is 16.9 Å². The molecular formula is C20H16BrF2O3PS. The molecule has 3 aromatic carbocycles. The second-order valence-electron chi connectivity index (χ2n) is 5.88. The smallest absolute Gasteiger partial charge is 0.420 e. The monoisotopic (exact) mass is 484 g/mol. The molecule has 146 valence electrons. The van der Waals surface area contributed by atoms with E-state index >= 15 is 0 Å². The summed E-state index contributed by atoms with van der Waals surface area (Å²) in [6.45, 7) is 0. The van der Waals surface area contributed by atoms with Gasteiger partial charge >= 0.3 is 13.8 Å². The molecule has 8 heteroatoms. The Kier molecular flexibility index (Phi) is 6.94. The molecule has 0 saturated carbocycles. The summed E-state index contributed by atoms with van der Waals surface area (Å²) >= 11 is 4.82. The fourth-order valence-corrected chi connectivity index (χ4v) is 4.42. The Hall–Kier alpha value is -1.66. The summed E-state index contributed by atoms with van der Waals surface area (Å²) in [5, 5.41) is 0. The molecule has 1 unspecified atom stereocenters. The Morgan fingerprint density at radius 2 is 1.64 bits per heavy atom. The van der Waals surface area contributed by atoms with Gasteiger partial charge in [-0.3, -0.25) is 0 Å². The van der Waals surface area contributed by atoms with Gasteiger partial charge in [-0.1, -0.05) is 48.5 Å². The first-order valence-corrected chi connectivity index (χ1v) is 11.6. The van der Waals surface area contributed by atoms with Gasteiger partial charge < -0.3 is 9.42 Å². The normalized spacial score (nSPS) is 13.3. The highest BCUT2D eigenvalue weighted by Gasteiger charge is 2.34. The minimum Gasteiger partial charge on any atom is -0.420 e. The SMILES string of the molecule is O=P(O)(Oc1ccc(CSc2ccc(-c3ccccc3)cc2)cc1Br)C(F)F. The van der Waals surface area contributed by atoms with E-state index in [0.29, 0.717) is 10.2 Å². The molecule has 3 aromatic rings. The van der Waals surface area contributed by atoms with Gasteiger partial charge in [-0.15, -0.1) is 11.8 Å². The van der Waals surface area contributed by atoms with Gasteiger partial charge in [-0.2, -0.15) is 8.78 Å². The fourth-order valence-electron chi connectivity index (χ4n) is 2.43. The molecular weight excluding hydrogens is 469 g/mol. The van der Waals surface area contributed by atoms with Crippen LogP contribution >= 0.6 is 35.3 Å². The average Bonchev–Trinajstić information content (AvgIpc) is 2.69. The van der Waals surface area contributed by atoms with Crippen LogP contribution in [0, 0.1) is 0 Å². The number of hydrogen-bond donors (Lipinski definition) is 1. The van der Waals surface area contributed by atoms with Crippen LogP contribution in [0.25, 0.3) is 11.1 Å². The third kappa shape index (κ3) is 5.45. The van der Waals surface area contributed by atoms with E-state index in [1.165, 1.54) is 6.07 Å². The van der Waals surface area contributed by atoms with Crippen LogP contribution in [-0.2, 0) is 10.3 Å². The van der Waals surface area contributed by atoms with E-state index in [2.05, 4.69) is 44.7 Å². The molecule has 0 spiro atoms. The molecule has 1 N–H and O–H groups in total. The van der Waals surface area contributed by atoms with Crippen LogP contribution in [0.5, 0.6) is 5.75 Å². The third-order valence-corrected chi connectivity index (χ3v) is 6.49. The van der Waals surface area contributed by atoms with Crippen LogP contribution in [0.4, 0.5) is 8.78 Å². The predicted molar refractivity (Wildman–Crippen MR) is 112 cm³/mol. The second-order valence-corrected chi connectivity index (χ2v) is 9.48. The Morgan fingerprint density at radius 3 is 2.25 bits per heavy atom. The van der Waals surface area contributed by atoms with Crippen molar-refractivity contribution in [1.29, 1.82) is 0 Å². The number of alkyl halides is 2. The van der Waals surface area contributed by atoms with Gasteiger partial charge in [0.15, 0.2) is 0 Å². The van der Waals surface area contributed by atoms with Gasteiger partial charge in [-0.25, -0.2) is 4.57 Å². The largest absolute Gasteiger partial charge is 0.442 e. The summed E-state index contributed by atoms with van der Waals surface area (Å²) < 4.78 is 41.2. The summed E-state index contributed by atoms with van der Waals surface area (Å²) in [6.07, 6.45) is -3.45. The number of benzene rings is 3. The van der Waals surface area contributed by atoms with E-state index in [1.54, 1.807) is 23.9 Å². The highest BCUT2D eigenvalue weighted by atomic mass is 79.9. The summed E-state index contributed by atoms with van der Waals surface area (Å²) in [4.78, 5) is 10.2. The van der Waals surface area contributed by atoms with E-state index in [0.717, 1.165) is 21.6 Å². The van der Waals surface area contributed by atoms with Gasteiger partial charge in [0.2, 0.25) is 0 Å². The lowest BCUT2D eigenvalue weighted by Crippen LogP contribution is -2.01. The number of hydrogen-bond acceptors (Lipinski definition) is 3. The van der Waals surface area contributed by atoms with Gasteiger partial charge in [0.1, 0.15) is 5.75 Å². The zero-order valence-corrected chi connectivity index (χ0v) is 17.8. The molecule has 0 radical (unpaired) electrons. The Morgan fingerprint density at radius 1 is 1.00 bits per heavy atom. The lowest BCUT2D eigenvalue weighted by molar-refractivity contribution is 0.188. The lowest BCUT2D eigenvalue weighted by atomic mass is 10.1. The van der Waals surface area contributed by atoms with Crippen molar-refractivity contribution in [2.75, 3.05) is 0 Å². The molecule has 0 fully saturated rings. The molecule has 0 aromatic heterocycles. The molecule has 3 nitrogen and oxygen atoms in total. The molecule has 0 aliphatic carbocycles. The first-order valence-electron chi connectivity index (χ1n) is 8.22. The summed E-state index contributed by atoms with van der Waals surface area (Å²) in [5.74, 6) is 0.557. The number of thioether (sulfide) groups is 1. The summed E-state index contributed by atoms with van der Waals surface area (Å²) in [5.41, 5.74) is 3.21. The first-order chi connectivity index (χ1) is 13.3. The van der Waals surface area contributed by atoms with Crippen LogP contribution in [0.2, 0.25) is 0 Å². The van der Waals surface area contributed by atoms with Gasteiger partial charge in [0.05, 0.1) is 4.47 Å². The van der Waals surface area contributed by atoms with E-state index < -0.39 is 13.8 Å². The first kappa shape index (κ1) is 21.1. The van der Waals surface area contributed by atoms with Crippen LogP contribution in [0.1, 0.15) is 5.56 Å². The molecule has 0 aliphatic rings. The maximum atomic E-state index is 12.5. The van der Waals surface area contributed by atoms with Gasteiger partial charge in [0.25, 0.3) is 0 Å². The summed E-state index contributed by atoms with van der Waals surface area (Å²) in [7, 11) is -4.99. The van der Waals surface area contributed by atoms with Crippen molar-refractivity contribution in [3.63, 3.8) is 0 Å². The second kappa shape index (κ2) is 9.23. The minimum absolute atomic E-state index is 0.0907. The molecule has 0 heterocycles. The Labute approximate surface area is 174 Å². The van der Waals surface area contributed by atoms with Crippen molar-refractivity contribution < 1.29 is 22.8 Å². The minimum atomic E-state index is -4.99. The average molecular weight is 485 g/mol. The van der Waals surface area contributed by atoms with Crippen molar-refractivity contribution in [3.05, 3.63) is 82.8 Å². The van der Waals surface area contributed by atoms with Gasteiger partial charge in [-0.05, 0) is 56.9 Å². The molecule has 0 saturated heterocycles. The number of halogens is 3. The van der Waals surface area contributed by atoms with Crippen molar-refractivity contribution in [2.45, 2.75) is 16.8 Å². The predicted octanol–water partition coefficient (Wildman–Crippen LogP) is 7.20. The molecule has 3 rings (SSSR count). The van der Waals surface area contributed by atoms with Gasteiger partial charge in [0, 0.05) is 10.6 Å². The summed E-state index contributed by atoms with van der Waals surface area (Å²) in [6, 6.07) is 23.1. The van der Waals surface area contributed by atoms with Crippen molar-refractivity contribution in [2.24, 2.45) is 0 Å². The zero-order valence-electron chi connectivity index (χ0n) is 14.5. The van der Waals surface area contributed by atoms with E-state index in [1.807, 2.05) is 30.3 Å². The molecule has 28 heavy (non-hydrogen) atoms. The molecule has 1 atom stereocenters. The van der Waals surface area contributed by atoms with E-state index in [9.17, 15) is 13.3 Å². The Bertz CT molecular complexity index is 985. The maximum Gasteiger partial charge on any atom is 0.442 e. The highest BCUT2D eigenvalue weighted by molar-refractivity contribution is 9.10. The lowest BCUT2D eigenvalue weighted by Gasteiger charge is -2.14. The topological polar surface area (TPSA) is 46.5 Å². The van der Waals surface area contributed by atoms with Crippen LogP contribution in [-0.4, -0.2) is 11.1 Å². The maximum absolute atomic E-state index is 12.5. The fraction of sp³-hybridized carbons (Fsp3) is 0.100. The van der Waals surface area contributed by atoms with E-state index in [-0.39, 0.29) is 5.75 Å².